The lowest BCUT2D eigenvalue weighted by atomic mass is 10.1. The Hall–Kier alpha value is -1.58. The lowest BCUT2D eigenvalue weighted by molar-refractivity contribution is 0.301. The zero-order valence-corrected chi connectivity index (χ0v) is 11.3. The van der Waals surface area contributed by atoms with E-state index in [2.05, 4.69) is 0 Å². The van der Waals surface area contributed by atoms with Crippen molar-refractivity contribution in [3.05, 3.63) is 64.4 Å². The molecule has 2 rings (SSSR count). The number of ether oxygens (including phenoxy) is 1. The molecule has 19 heavy (non-hydrogen) atoms. The molecule has 100 valence electrons. The van der Waals surface area contributed by atoms with Gasteiger partial charge in [0.2, 0.25) is 0 Å². The molecule has 4 heteroatoms. The van der Waals surface area contributed by atoms with Crippen molar-refractivity contribution < 1.29 is 9.13 Å². The van der Waals surface area contributed by atoms with E-state index in [-0.39, 0.29) is 11.1 Å². The van der Waals surface area contributed by atoms with E-state index >= 15 is 0 Å². The Morgan fingerprint density at radius 2 is 2.00 bits per heavy atom. The molecule has 1 unspecified atom stereocenters. The molecule has 0 saturated heterocycles. The molecule has 0 aliphatic rings. The average Bonchev–Trinajstić information content (AvgIpc) is 2.40. The highest BCUT2D eigenvalue weighted by atomic mass is 35.5. The third-order valence-electron chi connectivity index (χ3n) is 2.79. The third-order valence-corrected chi connectivity index (χ3v) is 3.08. The second-order valence-electron chi connectivity index (χ2n) is 4.36. The summed E-state index contributed by atoms with van der Waals surface area (Å²) in [4.78, 5) is 0. The summed E-state index contributed by atoms with van der Waals surface area (Å²) in [6.07, 6.45) is 0. The van der Waals surface area contributed by atoms with Crippen molar-refractivity contribution in [1.82, 2.24) is 0 Å². The molecule has 0 spiro atoms. The van der Waals surface area contributed by atoms with Crippen molar-refractivity contribution in [3.63, 3.8) is 0 Å². The molecule has 2 aromatic carbocycles. The predicted molar refractivity (Wildman–Crippen MR) is 74.8 cm³/mol. The summed E-state index contributed by atoms with van der Waals surface area (Å²) in [5, 5.41) is 0.0987. The molecular formula is C15H15ClFNO. The van der Waals surface area contributed by atoms with Crippen molar-refractivity contribution in [2.24, 2.45) is 5.73 Å². The van der Waals surface area contributed by atoms with Crippen LogP contribution in [0.25, 0.3) is 0 Å². The first-order valence-corrected chi connectivity index (χ1v) is 6.37. The molecule has 0 aliphatic carbocycles. The van der Waals surface area contributed by atoms with Gasteiger partial charge >= 0.3 is 0 Å². The summed E-state index contributed by atoms with van der Waals surface area (Å²) in [6, 6.07) is 12.0. The van der Waals surface area contributed by atoms with Crippen molar-refractivity contribution >= 4 is 11.6 Å². The van der Waals surface area contributed by atoms with Crippen LogP contribution in [-0.4, -0.2) is 0 Å². The molecule has 0 bridgehead atoms. The van der Waals surface area contributed by atoms with Gasteiger partial charge in [-0.2, -0.15) is 0 Å². The van der Waals surface area contributed by atoms with Gasteiger partial charge in [0.15, 0.2) is 0 Å². The van der Waals surface area contributed by atoms with E-state index in [1.165, 1.54) is 6.07 Å². The van der Waals surface area contributed by atoms with Crippen molar-refractivity contribution in [2.45, 2.75) is 19.6 Å². The first-order valence-electron chi connectivity index (χ1n) is 5.99. The van der Waals surface area contributed by atoms with Crippen LogP contribution in [0.3, 0.4) is 0 Å². The third kappa shape index (κ3) is 3.46. The van der Waals surface area contributed by atoms with Gasteiger partial charge in [0.05, 0.1) is 5.02 Å². The first kappa shape index (κ1) is 13.8. The molecule has 2 N–H and O–H groups in total. The molecule has 0 saturated carbocycles. The largest absolute Gasteiger partial charge is 0.489 e. The molecule has 0 aliphatic heterocycles. The van der Waals surface area contributed by atoms with Gasteiger partial charge in [-0.1, -0.05) is 35.9 Å². The fourth-order valence-corrected chi connectivity index (χ4v) is 1.98. The van der Waals surface area contributed by atoms with Gasteiger partial charge in [-0.3, -0.25) is 0 Å². The van der Waals surface area contributed by atoms with E-state index in [9.17, 15) is 4.39 Å². The van der Waals surface area contributed by atoms with Crippen molar-refractivity contribution in [1.29, 1.82) is 0 Å². The number of nitrogens with two attached hydrogens (primary N) is 1. The molecule has 2 aromatic rings. The average molecular weight is 280 g/mol. The van der Waals surface area contributed by atoms with E-state index < -0.39 is 5.82 Å². The van der Waals surface area contributed by atoms with E-state index in [0.29, 0.717) is 6.61 Å². The van der Waals surface area contributed by atoms with Crippen LogP contribution >= 0.6 is 11.6 Å². The second-order valence-corrected chi connectivity index (χ2v) is 4.77. The molecule has 1 atom stereocenters. The number of hydrogen-bond acceptors (Lipinski definition) is 2. The Balaban J connectivity index is 2.12. The quantitative estimate of drug-likeness (QED) is 0.915. The number of hydrogen-bond donors (Lipinski definition) is 1. The normalized spacial score (nSPS) is 12.2. The Morgan fingerprint density at radius 1 is 1.26 bits per heavy atom. The smallest absolute Gasteiger partial charge is 0.141 e. The molecule has 0 amide bonds. The van der Waals surface area contributed by atoms with Crippen LogP contribution in [0.1, 0.15) is 24.1 Å². The highest BCUT2D eigenvalue weighted by Gasteiger charge is 2.08. The SMILES string of the molecule is CC(N)c1ccccc1OCc1ccc(F)c(Cl)c1. The summed E-state index contributed by atoms with van der Waals surface area (Å²) >= 11 is 5.73. The van der Waals surface area contributed by atoms with Crippen LogP contribution in [0, 0.1) is 5.82 Å². The van der Waals surface area contributed by atoms with E-state index in [0.717, 1.165) is 16.9 Å². The summed E-state index contributed by atoms with van der Waals surface area (Å²) < 4.78 is 18.8. The highest BCUT2D eigenvalue weighted by molar-refractivity contribution is 6.30. The topological polar surface area (TPSA) is 35.2 Å². The van der Waals surface area contributed by atoms with Crippen LogP contribution in [0.4, 0.5) is 4.39 Å². The summed E-state index contributed by atoms with van der Waals surface area (Å²) in [5.74, 6) is 0.305. The Morgan fingerprint density at radius 3 is 2.68 bits per heavy atom. The summed E-state index contributed by atoms with van der Waals surface area (Å²) in [7, 11) is 0. The van der Waals surface area contributed by atoms with Crippen molar-refractivity contribution in [2.75, 3.05) is 0 Å². The minimum absolute atomic E-state index is 0.0987. The minimum atomic E-state index is -0.429. The molecular weight excluding hydrogens is 265 g/mol. The van der Waals surface area contributed by atoms with Crippen LogP contribution in [0.15, 0.2) is 42.5 Å². The molecule has 0 aromatic heterocycles. The van der Waals surface area contributed by atoms with E-state index in [4.69, 9.17) is 22.1 Å². The minimum Gasteiger partial charge on any atom is -0.489 e. The summed E-state index contributed by atoms with van der Waals surface area (Å²) in [6.45, 7) is 2.22. The van der Waals surface area contributed by atoms with Crippen molar-refractivity contribution in [3.8, 4) is 5.75 Å². The van der Waals surface area contributed by atoms with E-state index in [1.54, 1.807) is 12.1 Å². The van der Waals surface area contributed by atoms with E-state index in [1.807, 2.05) is 31.2 Å². The van der Waals surface area contributed by atoms with Crippen LogP contribution in [-0.2, 0) is 6.61 Å². The van der Waals surface area contributed by atoms with Gasteiger partial charge in [0.1, 0.15) is 18.2 Å². The molecule has 0 radical (unpaired) electrons. The predicted octanol–water partition coefficient (Wildman–Crippen LogP) is 4.08. The zero-order valence-electron chi connectivity index (χ0n) is 10.6. The Labute approximate surface area is 117 Å². The van der Waals surface area contributed by atoms with Gasteiger partial charge in [-0.05, 0) is 30.7 Å². The van der Waals surface area contributed by atoms with Gasteiger partial charge in [0.25, 0.3) is 0 Å². The lowest BCUT2D eigenvalue weighted by Gasteiger charge is -2.14. The highest BCUT2D eigenvalue weighted by Crippen LogP contribution is 2.24. The van der Waals surface area contributed by atoms with Gasteiger partial charge in [0, 0.05) is 11.6 Å². The van der Waals surface area contributed by atoms with Gasteiger partial charge in [-0.15, -0.1) is 0 Å². The van der Waals surface area contributed by atoms with Crippen LogP contribution in [0.2, 0.25) is 5.02 Å². The van der Waals surface area contributed by atoms with Gasteiger partial charge in [-0.25, -0.2) is 4.39 Å². The lowest BCUT2D eigenvalue weighted by Crippen LogP contribution is -2.08. The Bertz CT molecular complexity index is 572. The zero-order chi connectivity index (χ0) is 13.8. The fourth-order valence-electron chi connectivity index (χ4n) is 1.78. The number of para-hydroxylation sites is 1. The number of halogens is 2. The maximum Gasteiger partial charge on any atom is 0.141 e. The van der Waals surface area contributed by atoms with Crippen LogP contribution in [0.5, 0.6) is 5.75 Å². The Kier molecular flexibility index (Phi) is 4.40. The maximum absolute atomic E-state index is 13.0. The summed E-state index contributed by atoms with van der Waals surface area (Å²) in [5.41, 5.74) is 7.63. The fraction of sp³-hybridized carbons (Fsp3) is 0.200. The standard InChI is InChI=1S/C15H15ClFNO/c1-10(18)12-4-2-3-5-15(12)19-9-11-6-7-14(17)13(16)8-11/h2-8,10H,9,18H2,1H3. The first-order chi connectivity index (χ1) is 9.08. The molecule has 0 heterocycles. The molecule has 0 fully saturated rings. The number of benzene rings is 2. The second kappa shape index (κ2) is 6.04. The maximum atomic E-state index is 13.0. The van der Waals surface area contributed by atoms with Crippen LogP contribution < -0.4 is 10.5 Å². The molecule has 2 nitrogen and oxygen atoms in total. The monoisotopic (exact) mass is 279 g/mol. The number of rotatable bonds is 4. The van der Waals surface area contributed by atoms with Gasteiger partial charge < -0.3 is 10.5 Å².